The monoisotopic (exact) mass is 312 g/mol. The molecule has 0 unspecified atom stereocenters. The summed E-state index contributed by atoms with van der Waals surface area (Å²) < 4.78 is 0. The Balaban J connectivity index is 2.56. The normalized spacial score (nSPS) is 10.3. The fourth-order valence-corrected chi connectivity index (χ4v) is 2.57. The van der Waals surface area contributed by atoms with Gasteiger partial charge in [0.25, 0.3) is 0 Å². The summed E-state index contributed by atoms with van der Waals surface area (Å²) in [4.78, 5) is 11.2. The number of nitrogens with zero attached hydrogens (tertiary/aromatic N) is 4. The van der Waals surface area contributed by atoms with E-state index in [9.17, 15) is 5.26 Å². The van der Waals surface area contributed by atoms with Crippen molar-refractivity contribution in [1.29, 1.82) is 5.26 Å². The highest BCUT2D eigenvalue weighted by Crippen LogP contribution is 2.29. The third-order valence-corrected chi connectivity index (χ3v) is 3.97. The van der Waals surface area contributed by atoms with E-state index in [0.717, 1.165) is 24.9 Å². The van der Waals surface area contributed by atoms with Gasteiger partial charge in [0.15, 0.2) is 11.0 Å². The minimum absolute atomic E-state index is 0.544. The van der Waals surface area contributed by atoms with Gasteiger partial charge < -0.3 is 4.90 Å². The molecule has 0 aliphatic rings. The van der Waals surface area contributed by atoms with Crippen LogP contribution in [0.1, 0.15) is 25.3 Å². The molecule has 1 heterocycles. The van der Waals surface area contributed by atoms with Crippen molar-refractivity contribution in [3.05, 3.63) is 35.9 Å². The molecule has 0 spiro atoms. The van der Waals surface area contributed by atoms with Gasteiger partial charge >= 0.3 is 0 Å². The maximum atomic E-state index is 9.64. The lowest BCUT2D eigenvalue weighted by atomic mass is 10.1. The molecule has 0 atom stereocenters. The molecule has 0 aliphatic heterocycles. The molecule has 0 fully saturated rings. The third-order valence-electron chi connectivity index (χ3n) is 3.42. The number of nitriles is 1. The van der Waals surface area contributed by atoms with Crippen molar-refractivity contribution in [2.45, 2.75) is 24.9 Å². The number of unbranched alkanes of at least 4 members (excludes halogenated alkanes) is 1. The molecule has 0 N–H and O–H groups in total. The lowest BCUT2D eigenvalue weighted by Crippen LogP contribution is -2.21. The summed E-state index contributed by atoms with van der Waals surface area (Å²) in [6, 6.07) is 12.1. The zero-order valence-corrected chi connectivity index (χ0v) is 14.0. The fraction of sp³-hybridized carbons (Fsp3) is 0.353. The fourth-order valence-electron chi connectivity index (χ4n) is 2.21. The average molecular weight is 312 g/mol. The van der Waals surface area contributed by atoms with E-state index in [-0.39, 0.29) is 0 Å². The highest BCUT2D eigenvalue weighted by Gasteiger charge is 2.18. The van der Waals surface area contributed by atoms with Crippen LogP contribution in [0.4, 0.5) is 5.82 Å². The molecule has 1 aromatic carbocycles. The second-order valence-electron chi connectivity index (χ2n) is 5.01. The van der Waals surface area contributed by atoms with Crippen LogP contribution in [-0.2, 0) is 0 Å². The molecule has 0 radical (unpaired) electrons. The zero-order chi connectivity index (χ0) is 15.9. The van der Waals surface area contributed by atoms with Crippen molar-refractivity contribution in [2.24, 2.45) is 0 Å². The van der Waals surface area contributed by atoms with Crippen molar-refractivity contribution in [2.75, 3.05) is 24.7 Å². The molecule has 2 rings (SSSR count). The smallest absolute Gasteiger partial charge is 0.189 e. The number of hydrogen-bond acceptors (Lipinski definition) is 5. The largest absolute Gasteiger partial charge is 0.358 e. The molecule has 0 amide bonds. The summed E-state index contributed by atoms with van der Waals surface area (Å²) in [5, 5.41) is 10.3. The Bertz CT molecular complexity index is 664. The molecule has 0 saturated carbocycles. The van der Waals surface area contributed by atoms with E-state index in [1.807, 2.05) is 43.6 Å². The van der Waals surface area contributed by atoms with Gasteiger partial charge in [0.05, 0.1) is 5.69 Å². The Morgan fingerprint density at radius 3 is 2.55 bits per heavy atom. The Hall–Kier alpha value is -2.06. The van der Waals surface area contributed by atoms with Gasteiger partial charge in [-0.15, -0.1) is 0 Å². The van der Waals surface area contributed by atoms with Gasteiger partial charge in [0.1, 0.15) is 11.6 Å². The Morgan fingerprint density at radius 2 is 1.95 bits per heavy atom. The maximum Gasteiger partial charge on any atom is 0.189 e. The first-order valence-electron chi connectivity index (χ1n) is 7.34. The molecule has 0 aliphatic carbocycles. The van der Waals surface area contributed by atoms with Crippen molar-refractivity contribution >= 4 is 17.6 Å². The van der Waals surface area contributed by atoms with Gasteiger partial charge in [-0.2, -0.15) is 5.26 Å². The van der Waals surface area contributed by atoms with E-state index in [2.05, 4.69) is 27.9 Å². The van der Waals surface area contributed by atoms with Gasteiger partial charge in [-0.3, -0.25) is 0 Å². The minimum atomic E-state index is 0.544. The van der Waals surface area contributed by atoms with Crippen LogP contribution in [0.5, 0.6) is 0 Å². The lowest BCUT2D eigenvalue weighted by Gasteiger charge is -2.20. The van der Waals surface area contributed by atoms with E-state index in [1.165, 1.54) is 11.8 Å². The number of thioether (sulfide) groups is 1. The van der Waals surface area contributed by atoms with Crippen LogP contribution in [0.25, 0.3) is 11.3 Å². The quantitative estimate of drug-likeness (QED) is 0.596. The average Bonchev–Trinajstić information content (AvgIpc) is 2.59. The first kappa shape index (κ1) is 16.3. The summed E-state index contributed by atoms with van der Waals surface area (Å²) in [7, 11) is 1.98. The van der Waals surface area contributed by atoms with Crippen LogP contribution in [0.3, 0.4) is 0 Å². The lowest BCUT2D eigenvalue weighted by molar-refractivity contribution is 0.751. The number of anilines is 1. The van der Waals surface area contributed by atoms with Gasteiger partial charge in [-0.25, -0.2) is 9.97 Å². The van der Waals surface area contributed by atoms with Crippen LogP contribution in [0.15, 0.2) is 35.5 Å². The summed E-state index contributed by atoms with van der Waals surface area (Å²) in [5.74, 6) is 0.717. The first-order valence-corrected chi connectivity index (χ1v) is 8.56. The molecule has 2 aromatic rings. The SMILES string of the molecule is CCCCN(C)c1nc(SC)nc(-c2ccccc2)c1C#N. The predicted molar refractivity (Wildman–Crippen MR) is 92.1 cm³/mol. The number of benzene rings is 1. The number of hydrogen-bond donors (Lipinski definition) is 0. The van der Waals surface area contributed by atoms with E-state index in [0.29, 0.717) is 22.2 Å². The summed E-state index contributed by atoms with van der Waals surface area (Å²) in [5.41, 5.74) is 2.20. The Morgan fingerprint density at radius 1 is 1.23 bits per heavy atom. The summed E-state index contributed by atoms with van der Waals surface area (Å²) in [6.07, 6.45) is 4.13. The van der Waals surface area contributed by atoms with Crippen molar-refractivity contribution in [3.8, 4) is 17.3 Å². The Kier molecular flexibility index (Phi) is 5.79. The van der Waals surface area contributed by atoms with Gasteiger partial charge in [0, 0.05) is 19.2 Å². The van der Waals surface area contributed by atoms with E-state index >= 15 is 0 Å². The first-order chi connectivity index (χ1) is 10.7. The molecular formula is C17H20N4S. The van der Waals surface area contributed by atoms with Gasteiger partial charge in [0.2, 0.25) is 0 Å². The molecule has 0 saturated heterocycles. The van der Waals surface area contributed by atoms with E-state index in [4.69, 9.17) is 0 Å². The second kappa shape index (κ2) is 7.81. The van der Waals surface area contributed by atoms with Gasteiger partial charge in [-0.1, -0.05) is 55.4 Å². The number of rotatable bonds is 6. The highest BCUT2D eigenvalue weighted by atomic mass is 32.2. The molecule has 5 heteroatoms. The summed E-state index contributed by atoms with van der Waals surface area (Å²) in [6.45, 7) is 3.03. The number of aromatic nitrogens is 2. The molecule has 0 bridgehead atoms. The van der Waals surface area contributed by atoms with Crippen LogP contribution in [0.2, 0.25) is 0 Å². The van der Waals surface area contributed by atoms with E-state index in [1.54, 1.807) is 0 Å². The van der Waals surface area contributed by atoms with Crippen LogP contribution >= 0.6 is 11.8 Å². The minimum Gasteiger partial charge on any atom is -0.358 e. The topological polar surface area (TPSA) is 52.8 Å². The highest BCUT2D eigenvalue weighted by molar-refractivity contribution is 7.98. The standard InChI is InChI=1S/C17H20N4S/c1-4-5-11-21(2)16-14(12-18)15(19-17(20-16)22-3)13-9-7-6-8-10-13/h6-10H,4-5,11H2,1-3H3. The molecule has 1 aromatic heterocycles. The summed E-state index contributed by atoms with van der Waals surface area (Å²) >= 11 is 1.49. The molecule has 22 heavy (non-hydrogen) atoms. The second-order valence-corrected chi connectivity index (χ2v) is 5.78. The van der Waals surface area contributed by atoms with Crippen LogP contribution in [0, 0.1) is 11.3 Å². The maximum absolute atomic E-state index is 9.64. The van der Waals surface area contributed by atoms with E-state index < -0.39 is 0 Å². The molecule has 114 valence electrons. The molecule has 4 nitrogen and oxygen atoms in total. The Labute approximate surface area is 136 Å². The van der Waals surface area contributed by atoms with Crippen molar-refractivity contribution in [1.82, 2.24) is 9.97 Å². The van der Waals surface area contributed by atoms with Crippen LogP contribution in [-0.4, -0.2) is 29.8 Å². The van der Waals surface area contributed by atoms with Crippen molar-refractivity contribution < 1.29 is 0 Å². The van der Waals surface area contributed by atoms with Crippen molar-refractivity contribution in [3.63, 3.8) is 0 Å². The van der Waals surface area contributed by atoms with Crippen LogP contribution < -0.4 is 4.90 Å². The van der Waals surface area contributed by atoms with Gasteiger partial charge in [-0.05, 0) is 12.7 Å². The molecular weight excluding hydrogens is 292 g/mol. The predicted octanol–water partition coefficient (Wildman–Crippen LogP) is 3.97. The zero-order valence-electron chi connectivity index (χ0n) is 13.2. The third kappa shape index (κ3) is 3.58.